The van der Waals surface area contributed by atoms with Crippen molar-refractivity contribution < 1.29 is 39.5 Å². The van der Waals surface area contributed by atoms with E-state index in [-0.39, 0.29) is 28.5 Å². The second-order valence-corrected chi connectivity index (χ2v) is 7.94. The van der Waals surface area contributed by atoms with E-state index in [2.05, 4.69) is 23.5 Å². The molecular formula is C29H29NO8. The first-order valence-corrected chi connectivity index (χ1v) is 11.5. The standard InChI is InChI=1S/C15H17NO2.2C7H6O3/c1-11(17)16-9-8-13-5-3-4-12-6-7-14(18-2)10-15(12)13;2*8-6-3-1-5(2-4-6)7(9)10/h3-7,10H,8-9H2,1-2H3,(H,16,17);2*1-4,8H,(H,9,10). The first-order valence-electron chi connectivity index (χ1n) is 11.5. The van der Waals surface area contributed by atoms with Crippen LogP contribution in [-0.2, 0) is 11.2 Å². The fourth-order valence-corrected chi connectivity index (χ4v) is 3.24. The first kappa shape index (κ1) is 29.2. The predicted octanol–water partition coefficient (Wildman–Crippen LogP) is 4.71. The van der Waals surface area contributed by atoms with Crippen molar-refractivity contribution in [1.82, 2.24) is 5.32 Å². The Morgan fingerprint density at radius 2 is 1.29 bits per heavy atom. The van der Waals surface area contributed by atoms with Crippen molar-refractivity contribution in [2.24, 2.45) is 0 Å². The van der Waals surface area contributed by atoms with Crippen molar-refractivity contribution in [2.75, 3.05) is 13.7 Å². The molecule has 0 bridgehead atoms. The highest BCUT2D eigenvalue weighted by molar-refractivity contribution is 5.88. The Hall–Kier alpha value is -5.05. The highest BCUT2D eigenvalue weighted by Gasteiger charge is 2.03. The number of fused-ring (bicyclic) bond motifs is 1. The number of hydrogen-bond donors (Lipinski definition) is 5. The summed E-state index contributed by atoms with van der Waals surface area (Å²) in [5.74, 6) is -0.961. The number of phenolic OH excluding ortho intramolecular Hbond substituents is 2. The van der Waals surface area contributed by atoms with Gasteiger partial charge in [-0.2, -0.15) is 0 Å². The molecule has 0 aliphatic heterocycles. The fourth-order valence-electron chi connectivity index (χ4n) is 3.24. The maximum atomic E-state index is 10.9. The predicted molar refractivity (Wildman–Crippen MR) is 143 cm³/mol. The van der Waals surface area contributed by atoms with Gasteiger partial charge in [0.25, 0.3) is 0 Å². The van der Waals surface area contributed by atoms with Crippen LogP contribution in [0.3, 0.4) is 0 Å². The summed E-state index contributed by atoms with van der Waals surface area (Å²) in [5.41, 5.74) is 1.58. The molecule has 0 fully saturated rings. The summed E-state index contributed by atoms with van der Waals surface area (Å²) in [6.07, 6.45) is 0.823. The highest BCUT2D eigenvalue weighted by Crippen LogP contribution is 2.24. The van der Waals surface area contributed by atoms with E-state index < -0.39 is 11.9 Å². The van der Waals surface area contributed by atoms with Gasteiger partial charge in [0.2, 0.25) is 5.91 Å². The van der Waals surface area contributed by atoms with Gasteiger partial charge in [0.1, 0.15) is 17.2 Å². The number of benzene rings is 4. The van der Waals surface area contributed by atoms with E-state index in [1.54, 1.807) is 7.11 Å². The summed E-state index contributed by atoms with van der Waals surface area (Å²) in [4.78, 5) is 31.3. The molecule has 9 nitrogen and oxygen atoms in total. The lowest BCUT2D eigenvalue weighted by atomic mass is 10.0. The number of ether oxygens (including phenoxy) is 1. The van der Waals surface area contributed by atoms with Crippen LogP contribution in [0.15, 0.2) is 84.9 Å². The molecule has 0 aliphatic carbocycles. The lowest BCUT2D eigenvalue weighted by Crippen LogP contribution is -2.22. The molecule has 4 aromatic rings. The molecular weight excluding hydrogens is 490 g/mol. The summed E-state index contributed by atoms with van der Waals surface area (Å²) >= 11 is 0. The van der Waals surface area contributed by atoms with Crippen molar-refractivity contribution >= 4 is 28.6 Å². The highest BCUT2D eigenvalue weighted by atomic mass is 16.5. The summed E-state index contributed by atoms with van der Waals surface area (Å²) in [6.45, 7) is 2.19. The maximum Gasteiger partial charge on any atom is 0.335 e. The van der Waals surface area contributed by atoms with E-state index in [1.807, 2.05) is 18.2 Å². The number of carbonyl (C=O) groups is 3. The number of carboxylic acids is 2. The van der Waals surface area contributed by atoms with Gasteiger partial charge in [-0.05, 0) is 83.4 Å². The zero-order chi connectivity index (χ0) is 28.1. The summed E-state index contributed by atoms with van der Waals surface area (Å²) in [5, 5.41) is 39.5. The molecule has 0 radical (unpaired) electrons. The maximum absolute atomic E-state index is 10.9. The number of hydrogen-bond acceptors (Lipinski definition) is 6. The number of phenols is 2. The lowest BCUT2D eigenvalue weighted by Gasteiger charge is -2.08. The van der Waals surface area contributed by atoms with Crippen molar-refractivity contribution in [2.45, 2.75) is 13.3 Å². The van der Waals surface area contributed by atoms with Gasteiger partial charge in [0.15, 0.2) is 0 Å². The van der Waals surface area contributed by atoms with E-state index in [1.165, 1.54) is 71.8 Å². The molecule has 4 aromatic carbocycles. The number of nitrogens with one attached hydrogen (secondary N) is 1. The topological polar surface area (TPSA) is 153 Å². The van der Waals surface area contributed by atoms with Crippen LogP contribution in [0.25, 0.3) is 10.8 Å². The van der Waals surface area contributed by atoms with Gasteiger partial charge in [-0.15, -0.1) is 0 Å². The zero-order valence-corrected chi connectivity index (χ0v) is 20.9. The first-order chi connectivity index (χ1) is 18.1. The van der Waals surface area contributed by atoms with Crippen LogP contribution in [0.1, 0.15) is 33.2 Å². The molecule has 198 valence electrons. The number of aromatic hydroxyl groups is 2. The zero-order valence-electron chi connectivity index (χ0n) is 20.9. The second kappa shape index (κ2) is 14.5. The van der Waals surface area contributed by atoms with Crippen LogP contribution < -0.4 is 10.1 Å². The number of methoxy groups -OCH3 is 1. The van der Waals surface area contributed by atoms with Crippen molar-refractivity contribution in [1.29, 1.82) is 0 Å². The number of rotatable bonds is 6. The van der Waals surface area contributed by atoms with Gasteiger partial charge >= 0.3 is 11.9 Å². The summed E-state index contributed by atoms with van der Waals surface area (Å²) in [6, 6.07) is 23.0. The van der Waals surface area contributed by atoms with Crippen molar-refractivity contribution in [3.05, 3.63) is 102 Å². The van der Waals surface area contributed by atoms with Crippen LogP contribution in [0.5, 0.6) is 17.2 Å². The van der Waals surface area contributed by atoms with Crippen molar-refractivity contribution in [3.63, 3.8) is 0 Å². The second-order valence-electron chi connectivity index (χ2n) is 7.94. The molecule has 1 amide bonds. The van der Waals surface area contributed by atoms with Crippen LogP contribution >= 0.6 is 0 Å². The molecule has 38 heavy (non-hydrogen) atoms. The summed E-state index contributed by atoms with van der Waals surface area (Å²) in [7, 11) is 1.67. The van der Waals surface area contributed by atoms with Gasteiger partial charge in [-0.3, -0.25) is 4.79 Å². The molecule has 0 saturated heterocycles. The smallest absolute Gasteiger partial charge is 0.335 e. The molecule has 0 unspecified atom stereocenters. The summed E-state index contributed by atoms with van der Waals surface area (Å²) < 4.78 is 5.25. The van der Waals surface area contributed by atoms with E-state index in [0.717, 1.165) is 12.2 Å². The van der Waals surface area contributed by atoms with Crippen LogP contribution in [0, 0.1) is 0 Å². The van der Waals surface area contributed by atoms with Gasteiger partial charge < -0.3 is 30.5 Å². The van der Waals surface area contributed by atoms with Crippen molar-refractivity contribution in [3.8, 4) is 17.2 Å². The quantitative estimate of drug-likeness (QED) is 0.246. The SMILES string of the molecule is COc1ccc2cccc(CCNC(C)=O)c2c1.O=C(O)c1ccc(O)cc1.O=C(O)c1ccc(O)cc1. The molecule has 0 heterocycles. The minimum absolute atomic E-state index is 0.00724. The minimum atomic E-state index is -0.986. The fraction of sp³-hybridized carbons (Fsp3) is 0.138. The molecule has 0 aromatic heterocycles. The molecule has 4 rings (SSSR count). The number of amides is 1. The van der Waals surface area contributed by atoms with Crippen LogP contribution in [0.2, 0.25) is 0 Å². The number of carbonyl (C=O) groups excluding carboxylic acids is 1. The Bertz CT molecular complexity index is 1310. The largest absolute Gasteiger partial charge is 0.508 e. The Morgan fingerprint density at radius 1 is 0.763 bits per heavy atom. The Kier molecular flexibility index (Phi) is 11.1. The third-order valence-corrected chi connectivity index (χ3v) is 5.18. The molecule has 0 saturated carbocycles. The average Bonchev–Trinajstić information content (AvgIpc) is 2.89. The lowest BCUT2D eigenvalue weighted by molar-refractivity contribution is -0.118. The van der Waals surface area contributed by atoms with Gasteiger partial charge in [-0.25, -0.2) is 9.59 Å². The number of aromatic carboxylic acids is 2. The van der Waals surface area contributed by atoms with Gasteiger partial charge in [0.05, 0.1) is 18.2 Å². The van der Waals surface area contributed by atoms with E-state index in [0.29, 0.717) is 6.54 Å². The van der Waals surface area contributed by atoms with Crippen LogP contribution in [-0.4, -0.2) is 51.9 Å². The van der Waals surface area contributed by atoms with Gasteiger partial charge in [0, 0.05) is 13.5 Å². The normalized spacial score (nSPS) is 9.74. The average molecular weight is 520 g/mol. The molecule has 0 spiro atoms. The number of carboxylic acid groups (broad SMARTS) is 2. The monoisotopic (exact) mass is 519 g/mol. The van der Waals surface area contributed by atoms with Crippen LogP contribution in [0.4, 0.5) is 0 Å². The molecule has 5 N–H and O–H groups in total. The Balaban J connectivity index is 0.000000216. The van der Waals surface area contributed by atoms with E-state index >= 15 is 0 Å². The third-order valence-electron chi connectivity index (χ3n) is 5.18. The Labute approximate surface area is 219 Å². The molecule has 9 heteroatoms. The van der Waals surface area contributed by atoms with E-state index in [4.69, 9.17) is 25.2 Å². The molecule has 0 atom stereocenters. The molecule has 0 aliphatic rings. The minimum Gasteiger partial charge on any atom is -0.508 e. The van der Waals surface area contributed by atoms with Gasteiger partial charge in [-0.1, -0.05) is 24.3 Å². The Morgan fingerprint density at radius 3 is 1.74 bits per heavy atom. The van der Waals surface area contributed by atoms with E-state index in [9.17, 15) is 14.4 Å². The third kappa shape index (κ3) is 9.54.